The molecule has 0 spiro atoms. The maximum atomic E-state index is 12.1. The lowest BCUT2D eigenvalue weighted by molar-refractivity contribution is -0.150. The normalized spacial score (nSPS) is 13.7. The molecule has 1 unspecified atom stereocenters. The molecule has 0 radical (unpaired) electrons. The molecule has 14 heavy (non-hydrogen) atoms. The molecule has 0 aliphatic carbocycles. The summed E-state index contributed by atoms with van der Waals surface area (Å²) in [6.45, 7) is 0. The molecule has 6 heteroatoms. The number of aldehydes is 1. The average Bonchev–Trinajstić information content (AvgIpc) is 2.15. The second-order valence-electron chi connectivity index (χ2n) is 2.65. The molecule has 0 amide bonds. The number of aromatic nitrogens is 1. The first-order chi connectivity index (χ1) is 6.45. The minimum Gasteiger partial charge on any atom is -0.315 e. The monoisotopic (exact) mass is 204 g/mol. The van der Waals surface area contributed by atoms with Gasteiger partial charge >= 0.3 is 6.18 Å². The van der Waals surface area contributed by atoms with Crippen LogP contribution in [0.4, 0.5) is 13.2 Å². The van der Waals surface area contributed by atoms with E-state index in [1.165, 1.54) is 6.07 Å². The van der Waals surface area contributed by atoms with E-state index in [-0.39, 0.29) is 11.3 Å². The second kappa shape index (κ2) is 3.75. The van der Waals surface area contributed by atoms with Crippen LogP contribution in [0.25, 0.3) is 0 Å². The number of carbonyl (C=O) groups is 1. The van der Waals surface area contributed by atoms with Crippen molar-refractivity contribution in [2.75, 3.05) is 0 Å². The lowest BCUT2D eigenvalue weighted by atomic mass is 10.1. The molecule has 0 saturated carbocycles. The van der Waals surface area contributed by atoms with Crippen molar-refractivity contribution in [1.29, 1.82) is 0 Å². The summed E-state index contributed by atoms with van der Waals surface area (Å²) in [5.74, 6) is 0. The Morgan fingerprint density at radius 3 is 2.64 bits per heavy atom. The number of nitrogens with zero attached hydrogens (tertiary/aromatic N) is 1. The van der Waals surface area contributed by atoms with Crippen molar-refractivity contribution in [3.63, 3.8) is 0 Å². The molecule has 1 rings (SSSR count). The summed E-state index contributed by atoms with van der Waals surface area (Å²) in [5.41, 5.74) is 4.65. The number of halogens is 3. The Bertz CT molecular complexity index is 338. The van der Waals surface area contributed by atoms with Crippen molar-refractivity contribution >= 4 is 6.29 Å². The van der Waals surface area contributed by atoms with Crippen molar-refractivity contribution in [2.45, 2.75) is 12.2 Å². The fourth-order valence-electron chi connectivity index (χ4n) is 0.877. The van der Waals surface area contributed by atoms with Gasteiger partial charge < -0.3 is 5.73 Å². The van der Waals surface area contributed by atoms with Crippen LogP contribution < -0.4 is 5.73 Å². The van der Waals surface area contributed by atoms with Gasteiger partial charge in [-0.3, -0.25) is 9.78 Å². The Hall–Kier alpha value is -1.43. The molecule has 0 bridgehead atoms. The van der Waals surface area contributed by atoms with Crippen LogP contribution in [0, 0.1) is 0 Å². The van der Waals surface area contributed by atoms with Crippen molar-refractivity contribution in [2.24, 2.45) is 5.73 Å². The van der Waals surface area contributed by atoms with Gasteiger partial charge in [-0.2, -0.15) is 13.2 Å². The van der Waals surface area contributed by atoms with Gasteiger partial charge in [0.05, 0.1) is 5.69 Å². The molecule has 0 aliphatic rings. The number of nitrogens with two attached hydrogens (primary N) is 1. The summed E-state index contributed by atoms with van der Waals surface area (Å²) in [6, 6.07) is 0.174. The van der Waals surface area contributed by atoms with Gasteiger partial charge in [0.2, 0.25) is 0 Å². The number of carbonyl (C=O) groups excluding carboxylic acids is 1. The highest BCUT2D eigenvalue weighted by Gasteiger charge is 2.38. The standard InChI is InChI=1S/C8H7F3N2O/c9-8(10,11)7(12)6-3-5(4-14)1-2-13-6/h1-4,7H,12H2. The van der Waals surface area contributed by atoms with E-state index in [1.54, 1.807) is 0 Å². The van der Waals surface area contributed by atoms with Crippen LogP contribution in [0.3, 0.4) is 0 Å². The third-order valence-electron chi connectivity index (χ3n) is 1.61. The molecule has 1 aromatic rings. The van der Waals surface area contributed by atoms with Crippen molar-refractivity contribution < 1.29 is 18.0 Å². The minimum absolute atomic E-state index is 0.120. The van der Waals surface area contributed by atoms with E-state index < -0.39 is 12.2 Å². The van der Waals surface area contributed by atoms with E-state index >= 15 is 0 Å². The molecule has 2 N–H and O–H groups in total. The average molecular weight is 204 g/mol. The number of pyridine rings is 1. The first-order valence-corrected chi connectivity index (χ1v) is 3.68. The van der Waals surface area contributed by atoms with Gasteiger partial charge in [0.1, 0.15) is 12.3 Å². The summed E-state index contributed by atoms with van der Waals surface area (Å²) in [5, 5.41) is 0. The zero-order valence-corrected chi connectivity index (χ0v) is 6.95. The minimum atomic E-state index is -4.55. The van der Waals surface area contributed by atoms with Gasteiger partial charge in [-0.25, -0.2) is 0 Å². The highest BCUT2D eigenvalue weighted by atomic mass is 19.4. The Morgan fingerprint density at radius 2 is 2.14 bits per heavy atom. The second-order valence-corrected chi connectivity index (χ2v) is 2.65. The zero-order chi connectivity index (χ0) is 10.8. The van der Waals surface area contributed by atoms with Crippen LogP contribution in [0.2, 0.25) is 0 Å². The van der Waals surface area contributed by atoms with E-state index in [1.807, 2.05) is 0 Å². The predicted molar refractivity (Wildman–Crippen MR) is 42.6 cm³/mol. The van der Waals surface area contributed by atoms with Crippen molar-refractivity contribution in [1.82, 2.24) is 4.98 Å². The van der Waals surface area contributed by atoms with Gasteiger partial charge in [0, 0.05) is 11.8 Å². The maximum absolute atomic E-state index is 12.1. The van der Waals surface area contributed by atoms with Crippen LogP contribution in [0.5, 0.6) is 0 Å². The Morgan fingerprint density at radius 1 is 1.50 bits per heavy atom. The number of rotatable bonds is 2. The summed E-state index contributed by atoms with van der Waals surface area (Å²) >= 11 is 0. The summed E-state index contributed by atoms with van der Waals surface area (Å²) < 4.78 is 36.4. The first kappa shape index (κ1) is 10.6. The van der Waals surface area contributed by atoms with Crippen molar-refractivity contribution in [3.8, 4) is 0 Å². The summed E-state index contributed by atoms with van der Waals surface area (Å²) in [6.07, 6.45) is -2.99. The molecule has 0 aromatic carbocycles. The van der Waals surface area contributed by atoms with Gasteiger partial charge in [-0.1, -0.05) is 0 Å². The van der Waals surface area contributed by atoms with E-state index in [2.05, 4.69) is 4.98 Å². The smallest absolute Gasteiger partial charge is 0.315 e. The topological polar surface area (TPSA) is 56.0 Å². The van der Waals surface area contributed by atoms with Gasteiger partial charge in [-0.05, 0) is 12.1 Å². The largest absolute Gasteiger partial charge is 0.409 e. The van der Waals surface area contributed by atoms with Crippen molar-refractivity contribution in [3.05, 3.63) is 29.6 Å². The fourth-order valence-corrected chi connectivity index (χ4v) is 0.877. The third kappa shape index (κ3) is 2.29. The van der Waals surface area contributed by atoms with Crippen LogP contribution in [0.15, 0.2) is 18.3 Å². The van der Waals surface area contributed by atoms with Crippen LogP contribution >= 0.6 is 0 Å². The molecule has 1 aromatic heterocycles. The van der Waals surface area contributed by atoms with E-state index in [0.717, 1.165) is 12.3 Å². The Kier molecular flexibility index (Phi) is 2.85. The fraction of sp³-hybridized carbons (Fsp3) is 0.250. The zero-order valence-electron chi connectivity index (χ0n) is 6.95. The Labute approximate surface area is 77.7 Å². The van der Waals surface area contributed by atoms with Crippen LogP contribution in [-0.2, 0) is 0 Å². The lowest BCUT2D eigenvalue weighted by Crippen LogP contribution is -2.29. The van der Waals surface area contributed by atoms with Gasteiger partial charge in [0.15, 0.2) is 0 Å². The molecule has 1 heterocycles. The third-order valence-corrected chi connectivity index (χ3v) is 1.61. The number of alkyl halides is 3. The molecule has 1 atom stereocenters. The SMILES string of the molecule is NC(c1cc(C=O)ccn1)C(F)(F)F. The highest BCUT2D eigenvalue weighted by Crippen LogP contribution is 2.29. The number of hydrogen-bond acceptors (Lipinski definition) is 3. The Balaban J connectivity index is 3.01. The van der Waals surface area contributed by atoms with Gasteiger partial charge in [-0.15, -0.1) is 0 Å². The number of hydrogen-bond donors (Lipinski definition) is 1. The van der Waals surface area contributed by atoms with E-state index in [0.29, 0.717) is 6.29 Å². The summed E-state index contributed by atoms with van der Waals surface area (Å²) in [4.78, 5) is 13.7. The summed E-state index contributed by atoms with van der Waals surface area (Å²) in [7, 11) is 0. The molecule has 3 nitrogen and oxygen atoms in total. The quantitative estimate of drug-likeness (QED) is 0.742. The maximum Gasteiger partial charge on any atom is 0.409 e. The molecule has 0 fully saturated rings. The van der Waals surface area contributed by atoms with E-state index in [9.17, 15) is 18.0 Å². The van der Waals surface area contributed by atoms with Gasteiger partial charge in [0.25, 0.3) is 0 Å². The molecule has 0 aliphatic heterocycles. The first-order valence-electron chi connectivity index (χ1n) is 3.68. The van der Waals surface area contributed by atoms with Crippen LogP contribution in [0.1, 0.15) is 22.1 Å². The lowest BCUT2D eigenvalue weighted by Gasteiger charge is -2.14. The van der Waals surface area contributed by atoms with Crippen LogP contribution in [-0.4, -0.2) is 17.4 Å². The van der Waals surface area contributed by atoms with E-state index in [4.69, 9.17) is 5.73 Å². The molecule has 76 valence electrons. The molecule has 0 saturated heterocycles. The predicted octanol–water partition coefficient (Wildman–Crippen LogP) is 1.46. The molecular formula is C8H7F3N2O. The highest BCUT2D eigenvalue weighted by molar-refractivity contribution is 5.74. The molecular weight excluding hydrogens is 197 g/mol.